The molecule has 0 aliphatic heterocycles. The molecule has 1 N–H and O–H groups in total. The van der Waals surface area contributed by atoms with Crippen LogP contribution in [-0.4, -0.2) is 21.0 Å². The second-order valence-corrected chi connectivity index (χ2v) is 3.98. The summed E-state index contributed by atoms with van der Waals surface area (Å²) in [6.45, 7) is 1.99. The van der Waals surface area contributed by atoms with Crippen LogP contribution >= 0.6 is 0 Å². The number of carboxylic acid groups (broad SMARTS) is 1. The van der Waals surface area contributed by atoms with E-state index in [4.69, 9.17) is 9.84 Å². The largest absolute Gasteiger partial charge is 0.481 e. The van der Waals surface area contributed by atoms with Crippen molar-refractivity contribution in [2.24, 2.45) is 0 Å². The normalized spacial score (nSPS) is 10.2. The Hall–Kier alpha value is -2.43. The van der Waals surface area contributed by atoms with Crippen LogP contribution < -0.4 is 4.74 Å². The molecule has 0 aliphatic rings. The van der Waals surface area contributed by atoms with Crippen molar-refractivity contribution in [3.05, 3.63) is 47.9 Å². The molecule has 0 atom stereocenters. The van der Waals surface area contributed by atoms with Gasteiger partial charge in [0.2, 0.25) is 5.88 Å². The SMILES string of the molecule is CCc1cc(Oc2ccccc2CC(=O)O)ncn1. The summed E-state index contributed by atoms with van der Waals surface area (Å²) in [4.78, 5) is 18.9. The average Bonchev–Trinajstić information content (AvgIpc) is 2.41. The standard InChI is InChI=1S/C14H14N2O3/c1-2-11-8-13(16-9-15-11)19-12-6-4-3-5-10(12)7-14(17)18/h3-6,8-9H,2,7H2,1H3,(H,17,18). The summed E-state index contributed by atoms with van der Waals surface area (Å²) in [5.74, 6) is 0.0309. The predicted molar refractivity (Wildman–Crippen MR) is 69.3 cm³/mol. The molecule has 0 saturated heterocycles. The van der Waals surface area contributed by atoms with Crippen LogP contribution in [-0.2, 0) is 17.6 Å². The molecule has 0 aliphatic carbocycles. The molecule has 1 aromatic heterocycles. The number of hydrogen-bond donors (Lipinski definition) is 1. The van der Waals surface area contributed by atoms with Crippen LogP contribution in [0.2, 0.25) is 0 Å². The third-order valence-corrected chi connectivity index (χ3v) is 2.59. The summed E-state index contributed by atoms with van der Waals surface area (Å²) < 4.78 is 5.64. The number of carbonyl (C=O) groups is 1. The fourth-order valence-corrected chi connectivity index (χ4v) is 1.65. The number of benzene rings is 1. The van der Waals surface area contributed by atoms with Crippen molar-refractivity contribution in [3.63, 3.8) is 0 Å². The van der Waals surface area contributed by atoms with Gasteiger partial charge in [0.15, 0.2) is 0 Å². The Bertz CT molecular complexity index is 584. The molecule has 0 amide bonds. The van der Waals surface area contributed by atoms with Crippen LogP contribution in [0.4, 0.5) is 0 Å². The molecule has 19 heavy (non-hydrogen) atoms. The molecule has 0 saturated carbocycles. The van der Waals surface area contributed by atoms with Crippen LogP contribution in [0.1, 0.15) is 18.2 Å². The zero-order valence-electron chi connectivity index (χ0n) is 10.5. The third-order valence-electron chi connectivity index (χ3n) is 2.59. The fourth-order valence-electron chi connectivity index (χ4n) is 1.65. The molecule has 0 radical (unpaired) electrons. The maximum absolute atomic E-state index is 10.8. The fraction of sp³-hybridized carbons (Fsp3) is 0.214. The monoisotopic (exact) mass is 258 g/mol. The Morgan fingerprint density at radius 2 is 2.11 bits per heavy atom. The molecule has 0 fully saturated rings. The molecular formula is C14H14N2O3. The highest BCUT2D eigenvalue weighted by molar-refractivity contribution is 5.71. The van der Waals surface area contributed by atoms with E-state index in [0.29, 0.717) is 17.2 Å². The van der Waals surface area contributed by atoms with Gasteiger partial charge in [-0.15, -0.1) is 0 Å². The summed E-state index contributed by atoms with van der Waals surface area (Å²) >= 11 is 0. The van der Waals surface area contributed by atoms with Gasteiger partial charge in [-0.05, 0) is 12.5 Å². The van der Waals surface area contributed by atoms with Gasteiger partial charge < -0.3 is 9.84 Å². The van der Waals surface area contributed by atoms with Crippen molar-refractivity contribution in [1.82, 2.24) is 9.97 Å². The maximum atomic E-state index is 10.8. The van der Waals surface area contributed by atoms with Crippen molar-refractivity contribution in [2.75, 3.05) is 0 Å². The zero-order valence-corrected chi connectivity index (χ0v) is 10.5. The molecular weight excluding hydrogens is 244 g/mol. The van der Waals surface area contributed by atoms with E-state index < -0.39 is 5.97 Å². The lowest BCUT2D eigenvalue weighted by Gasteiger charge is -2.09. The maximum Gasteiger partial charge on any atom is 0.307 e. The van der Waals surface area contributed by atoms with E-state index in [1.807, 2.05) is 6.92 Å². The minimum absolute atomic E-state index is 0.0815. The van der Waals surface area contributed by atoms with Crippen LogP contribution in [0.25, 0.3) is 0 Å². The molecule has 5 nitrogen and oxygen atoms in total. The first-order valence-electron chi connectivity index (χ1n) is 5.97. The number of para-hydroxylation sites is 1. The molecule has 0 spiro atoms. The summed E-state index contributed by atoms with van der Waals surface area (Å²) in [5, 5.41) is 8.86. The minimum Gasteiger partial charge on any atom is -0.481 e. The van der Waals surface area contributed by atoms with Crippen molar-refractivity contribution in [3.8, 4) is 11.6 Å². The second kappa shape index (κ2) is 5.95. The van der Waals surface area contributed by atoms with E-state index in [1.54, 1.807) is 30.3 Å². The summed E-state index contributed by atoms with van der Waals surface area (Å²) in [6, 6.07) is 8.78. The lowest BCUT2D eigenvalue weighted by atomic mass is 10.1. The van der Waals surface area contributed by atoms with Gasteiger partial charge in [-0.25, -0.2) is 9.97 Å². The smallest absolute Gasteiger partial charge is 0.307 e. The number of nitrogens with zero attached hydrogens (tertiary/aromatic N) is 2. The van der Waals surface area contributed by atoms with Crippen molar-refractivity contribution in [1.29, 1.82) is 0 Å². The first kappa shape index (κ1) is 13.0. The Morgan fingerprint density at radius 3 is 2.84 bits per heavy atom. The van der Waals surface area contributed by atoms with Gasteiger partial charge in [0.05, 0.1) is 6.42 Å². The first-order chi connectivity index (χ1) is 9.19. The second-order valence-electron chi connectivity index (χ2n) is 3.98. The topological polar surface area (TPSA) is 72.3 Å². The number of ether oxygens (including phenoxy) is 1. The minimum atomic E-state index is -0.895. The zero-order chi connectivity index (χ0) is 13.7. The molecule has 1 heterocycles. The number of aromatic nitrogens is 2. The number of carboxylic acids is 1. The van der Waals surface area contributed by atoms with Gasteiger partial charge in [0.1, 0.15) is 12.1 Å². The van der Waals surface area contributed by atoms with Gasteiger partial charge in [0.25, 0.3) is 0 Å². The number of hydrogen-bond acceptors (Lipinski definition) is 4. The van der Waals surface area contributed by atoms with Crippen LogP contribution in [0.3, 0.4) is 0 Å². The Labute approximate surface area is 110 Å². The van der Waals surface area contributed by atoms with Gasteiger partial charge >= 0.3 is 5.97 Å². The van der Waals surface area contributed by atoms with E-state index in [9.17, 15) is 4.79 Å². The highest BCUT2D eigenvalue weighted by Gasteiger charge is 2.09. The molecule has 98 valence electrons. The Balaban J connectivity index is 2.24. The van der Waals surface area contributed by atoms with E-state index in [2.05, 4.69) is 9.97 Å². The van der Waals surface area contributed by atoms with Gasteiger partial charge in [-0.3, -0.25) is 4.79 Å². The number of rotatable bonds is 5. The van der Waals surface area contributed by atoms with Gasteiger partial charge in [-0.2, -0.15) is 0 Å². The molecule has 2 rings (SSSR count). The van der Waals surface area contributed by atoms with Crippen LogP contribution in [0.15, 0.2) is 36.7 Å². The third kappa shape index (κ3) is 3.51. The van der Waals surface area contributed by atoms with E-state index in [1.165, 1.54) is 6.33 Å². The lowest BCUT2D eigenvalue weighted by Crippen LogP contribution is -2.02. The summed E-state index contributed by atoms with van der Waals surface area (Å²) in [5.41, 5.74) is 1.49. The van der Waals surface area contributed by atoms with Gasteiger partial charge in [0, 0.05) is 17.3 Å². The van der Waals surface area contributed by atoms with Crippen molar-refractivity contribution < 1.29 is 14.6 Å². The number of aliphatic carboxylic acids is 1. The van der Waals surface area contributed by atoms with Crippen LogP contribution in [0.5, 0.6) is 11.6 Å². The van der Waals surface area contributed by atoms with Crippen LogP contribution in [0, 0.1) is 0 Å². The number of aryl methyl sites for hydroxylation is 1. The quantitative estimate of drug-likeness (QED) is 0.891. The Kier molecular flexibility index (Phi) is 4.07. The summed E-state index contributed by atoms with van der Waals surface area (Å²) in [7, 11) is 0. The first-order valence-corrected chi connectivity index (χ1v) is 5.97. The predicted octanol–water partition coefficient (Wildman–Crippen LogP) is 2.46. The molecule has 1 aromatic carbocycles. The molecule has 0 unspecified atom stereocenters. The summed E-state index contributed by atoms with van der Waals surface area (Å²) in [6.07, 6.45) is 2.14. The van der Waals surface area contributed by atoms with E-state index in [-0.39, 0.29) is 6.42 Å². The molecule has 2 aromatic rings. The lowest BCUT2D eigenvalue weighted by molar-refractivity contribution is -0.136. The van der Waals surface area contributed by atoms with Gasteiger partial charge in [-0.1, -0.05) is 25.1 Å². The molecule has 5 heteroatoms. The van der Waals surface area contributed by atoms with E-state index >= 15 is 0 Å². The highest BCUT2D eigenvalue weighted by atomic mass is 16.5. The van der Waals surface area contributed by atoms with Crippen molar-refractivity contribution in [2.45, 2.75) is 19.8 Å². The van der Waals surface area contributed by atoms with Crippen molar-refractivity contribution >= 4 is 5.97 Å². The molecule has 0 bridgehead atoms. The van der Waals surface area contributed by atoms with E-state index in [0.717, 1.165) is 12.1 Å². The average molecular weight is 258 g/mol. The Morgan fingerprint density at radius 1 is 1.32 bits per heavy atom. The highest BCUT2D eigenvalue weighted by Crippen LogP contribution is 2.24.